The van der Waals surface area contributed by atoms with Gasteiger partial charge in [-0.3, -0.25) is 4.39 Å². The second-order valence-electron chi connectivity index (χ2n) is 3.21. The van der Waals surface area contributed by atoms with Crippen LogP contribution in [0.25, 0.3) is 0 Å². The molecule has 0 saturated heterocycles. The van der Waals surface area contributed by atoms with Gasteiger partial charge >= 0.3 is 0 Å². The van der Waals surface area contributed by atoms with Gasteiger partial charge in [-0.1, -0.05) is 6.07 Å². The molecule has 0 heterocycles. The van der Waals surface area contributed by atoms with Gasteiger partial charge in [0.05, 0.1) is 13.8 Å². The van der Waals surface area contributed by atoms with E-state index in [-0.39, 0.29) is 12.4 Å². The molecular formula is C11H16FNO2. The summed E-state index contributed by atoms with van der Waals surface area (Å²) in [6.45, 7) is 0.833. The van der Waals surface area contributed by atoms with Crippen molar-refractivity contribution in [2.45, 2.75) is 13.0 Å². The molecule has 0 aliphatic carbocycles. The first-order valence-electron chi connectivity index (χ1n) is 4.90. The van der Waals surface area contributed by atoms with Crippen molar-refractivity contribution in [2.24, 2.45) is 0 Å². The summed E-state index contributed by atoms with van der Waals surface area (Å²) in [7, 11) is 1.55. The summed E-state index contributed by atoms with van der Waals surface area (Å²) in [6, 6.07) is 5.13. The van der Waals surface area contributed by atoms with E-state index < -0.39 is 0 Å². The Hall–Kier alpha value is -1.29. The molecule has 3 nitrogen and oxygen atoms in total. The lowest BCUT2D eigenvalue weighted by Crippen LogP contribution is -2.15. The van der Waals surface area contributed by atoms with E-state index in [2.05, 4.69) is 5.32 Å². The van der Waals surface area contributed by atoms with Gasteiger partial charge in [-0.05, 0) is 19.0 Å². The summed E-state index contributed by atoms with van der Waals surface area (Å²) in [6.07, 6.45) is 0.497. The maximum absolute atomic E-state index is 11.8. The Morgan fingerprint density at radius 1 is 1.47 bits per heavy atom. The Labute approximate surface area is 88.9 Å². The molecule has 2 N–H and O–H groups in total. The van der Waals surface area contributed by atoms with Gasteiger partial charge in [0.2, 0.25) is 0 Å². The number of phenolic OH excluding ortho intramolecular Hbond substituents is 1. The molecule has 0 unspecified atom stereocenters. The van der Waals surface area contributed by atoms with Crippen LogP contribution in [0.5, 0.6) is 11.5 Å². The van der Waals surface area contributed by atoms with Crippen molar-refractivity contribution >= 4 is 0 Å². The summed E-state index contributed by atoms with van der Waals surface area (Å²) in [5.41, 5.74) is 0.787. The number of phenols is 1. The topological polar surface area (TPSA) is 41.5 Å². The van der Waals surface area contributed by atoms with E-state index in [9.17, 15) is 9.50 Å². The molecule has 0 saturated carbocycles. The van der Waals surface area contributed by atoms with Crippen LogP contribution < -0.4 is 10.1 Å². The zero-order chi connectivity index (χ0) is 11.1. The zero-order valence-electron chi connectivity index (χ0n) is 8.79. The number of rotatable bonds is 6. The molecule has 1 aromatic rings. The van der Waals surface area contributed by atoms with Crippen molar-refractivity contribution in [1.29, 1.82) is 0 Å². The predicted octanol–water partition coefficient (Wildman–Crippen LogP) is 1.85. The molecule has 4 heteroatoms. The first kappa shape index (κ1) is 11.8. The average Bonchev–Trinajstić information content (AvgIpc) is 2.26. The van der Waals surface area contributed by atoms with Crippen LogP contribution in [0.2, 0.25) is 0 Å². The third-order valence-corrected chi connectivity index (χ3v) is 2.10. The van der Waals surface area contributed by atoms with E-state index in [1.54, 1.807) is 25.3 Å². The molecule has 15 heavy (non-hydrogen) atoms. The molecule has 1 rings (SSSR count). The lowest BCUT2D eigenvalue weighted by atomic mass is 10.2. The molecule has 0 radical (unpaired) electrons. The minimum Gasteiger partial charge on any atom is -0.507 e. The Morgan fingerprint density at radius 3 is 2.87 bits per heavy atom. The van der Waals surface area contributed by atoms with Gasteiger partial charge in [0.15, 0.2) is 0 Å². The van der Waals surface area contributed by atoms with E-state index in [4.69, 9.17) is 4.74 Å². The molecule has 0 spiro atoms. The van der Waals surface area contributed by atoms with E-state index >= 15 is 0 Å². The quantitative estimate of drug-likeness (QED) is 0.708. The number of aromatic hydroxyl groups is 1. The van der Waals surface area contributed by atoms with Gasteiger partial charge in [0.25, 0.3) is 0 Å². The summed E-state index contributed by atoms with van der Waals surface area (Å²) >= 11 is 0. The third-order valence-electron chi connectivity index (χ3n) is 2.10. The second-order valence-corrected chi connectivity index (χ2v) is 3.21. The number of ether oxygens (including phenoxy) is 1. The first-order chi connectivity index (χ1) is 7.27. The third kappa shape index (κ3) is 3.75. The van der Waals surface area contributed by atoms with Crippen LogP contribution in [0, 0.1) is 0 Å². The number of hydrogen-bond acceptors (Lipinski definition) is 3. The summed E-state index contributed by atoms with van der Waals surface area (Å²) in [4.78, 5) is 0. The molecule has 0 atom stereocenters. The molecule has 0 aromatic heterocycles. The van der Waals surface area contributed by atoms with Crippen LogP contribution in [-0.4, -0.2) is 25.4 Å². The van der Waals surface area contributed by atoms with E-state index in [1.165, 1.54) is 0 Å². The first-order valence-corrected chi connectivity index (χ1v) is 4.90. The summed E-state index contributed by atoms with van der Waals surface area (Å²) in [5.74, 6) is 0.821. The lowest BCUT2D eigenvalue weighted by Gasteiger charge is -2.07. The van der Waals surface area contributed by atoms with Crippen molar-refractivity contribution in [3.05, 3.63) is 23.8 Å². The largest absolute Gasteiger partial charge is 0.507 e. The van der Waals surface area contributed by atoms with Crippen LogP contribution in [0.3, 0.4) is 0 Å². The maximum Gasteiger partial charge on any atom is 0.123 e. The van der Waals surface area contributed by atoms with Crippen molar-refractivity contribution in [3.63, 3.8) is 0 Å². The minimum atomic E-state index is -0.318. The van der Waals surface area contributed by atoms with E-state index in [0.29, 0.717) is 25.3 Å². The van der Waals surface area contributed by atoms with Gasteiger partial charge in [-0.15, -0.1) is 0 Å². The highest BCUT2D eigenvalue weighted by atomic mass is 19.1. The number of nitrogens with one attached hydrogen (secondary N) is 1. The van der Waals surface area contributed by atoms with Crippen LogP contribution in [-0.2, 0) is 6.54 Å². The average molecular weight is 213 g/mol. The lowest BCUT2D eigenvalue weighted by molar-refractivity contribution is 0.405. The normalized spacial score (nSPS) is 10.3. The Bertz CT molecular complexity index is 305. The molecule has 0 aliphatic rings. The SMILES string of the molecule is COc1ccc(CNCCCF)c(O)c1. The standard InChI is InChI=1S/C11H16FNO2/c1-15-10-4-3-9(11(14)7-10)8-13-6-2-5-12/h3-4,7,13-14H,2,5-6,8H2,1H3. The van der Waals surface area contributed by atoms with E-state index in [1.807, 2.05) is 0 Å². The Morgan fingerprint density at radius 2 is 2.27 bits per heavy atom. The van der Waals surface area contributed by atoms with Gasteiger partial charge in [0.1, 0.15) is 11.5 Å². The maximum atomic E-state index is 11.8. The van der Waals surface area contributed by atoms with Crippen molar-refractivity contribution in [3.8, 4) is 11.5 Å². The van der Waals surface area contributed by atoms with Crippen molar-refractivity contribution < 1.29 is 14.2 Å². The monoisotopic (exact) mass is 213 g/mol. The van der Waals surface area contributed by atoms with Gasteiger partial charge < -0.3 is 15.2 Å². The molecule has 0 amide bonds. The fourth-order valence-electron chi connectivity index (χ4n) is 1.23. The number of benzene rings is 1. The summed E-state index contributed by atoms with van der Waals surface area (Å²) in [5, 5.41) is 12.6. The summed E-state index contributed by atoms with van der Waals surface area (Å²) < 4.78 is 16.8. The van der Waals surface area contributed by atoms with Crippen molar-refractivity contribution in [1.82, 2.24) is 5.32 Å². The number of hydrogen-bond donors (Lipinski definition) is 2. The van der Waals surface area contributed by atoms with Crippen LogP contribution in [0.15, 0.2) is 18.2 Å². The van der Waals surface area contributed by atoms with Gasteiger partial charge in [-0.2, -0.15) is 0 Å². The van der Waals surface area contributed by atoms with E-state index in [0.717, 1.165) is 5.56 Å². The van der Waals surface area contributed by atoms with Crippen LogP contribution >= 0.6 is 0 Å². The Kier molecular flexibility index (Phi) is 4.90. The molecule has 1 aromatic carbocycles. The molecular weight excluding hydrogens is 197 g/mol. The molecule has 0 bridgehead atoms. The highest BCUT2D eigenvalue weighted by molar-refractivity contribution is 5.39. The van der Waals surface area contributed by atoms with Gasteiger partial charge in [0, 0.05) is 18.2 Å². The molecule has 0 fully saturated rings. The molecule has 0 aliphatic heterocycles. The predicted molar refractivity (Wildman–Crippen MR) is 57.0 cm³/mol. The van der Waals surface area contributed by atoms with Crippen LogP contribution in [0.1, 0.15) is 12.0 Å². The fraction of sp³-hybridized carbons (Fsp3) is 0.455. The second kappa shape index (κ2) is 6.24. The highest BCUT2D eigenvalue weighted by Gasteiger charge is 2.02. The number of methoxy groups -OCH3 is 1. The number of alkyl halides is 1. The Balaban J connectivity index is 2.47. The molecule has 84 valence electrons. The zero-order valence-corrected chi connectivity index (χ0v) is 8.79. The van der Waals surface area contributed by atoms with Crippen LogP contribution in [0.4, 0.5) is 4.39 Å². The smallest absolute Gasteiger partial charge is 0.123 e. The number of halogens is 1. The minimum absolute atomic E-state index is 0.196. The van der Waals surface area contributed by atoms with Gasteiger partial charge in [-0.25, -0.2) is 0 Å². The van der Waals surface area contributed by atoms with Crippen molar-refractivity contribution in [2.75, 3.05) is 20.3 Å². The highest BCUT2D eigenvalue weighted by Crippen LogP contribution is 2.22. The fourth-order valence-corrected chi connectivity index (χ4v) is 1.23.